The zero-order valence-corrected chi connectivity index (χ0v) is 23.1. The van der Waals surface area contributed by atoms with Crippen LogP contribution >= 0.6 is 0 Å². The van der Waals surface area contributed by atoms with Crippen LogP contribution in [0.1, 0.15) is 37.8 Å². The predicted octanol–water partition coefficient (Wildman–Crippen LogP) is 6.47. The Morgan fingerprint density at radius 2 is 1.68 bits per heavy atom. The molecule has 2 aromatic heterocycles. The fourth-order valence-electron chi connectivity index (χ4n) is 5.06. The first-order valence-electron chi connectivity index (χ1n) is 13.7. The highest BCUT2D eigenvalue weighted by Crippen LogP contribution is 2.39. The van der Waals surface area contributed by atoms with Crippen LogP contribution in [0.15, 0.2) is 97.3 Å². The van der Waals surface area contributed by atoms with Gasteiger partial charge in [0.2, 0.25) is 5.91 Å². The number of hydrogen-bond donors (Lipinski definition) is 4. The van der Waals surface area contributed by atoms with Crippen LogP contribution in [-0.2, 0) is 21.4 Å². The molecule has 4 N–H and O–H groups in total. The molecule has 0 aliphatic carbocycles. The summed E-state index contributed by atoms with van der Waals surface area (Å²) >= 11 is 0. The number of H-pyrrole nitrogens is 1. The standard InChI is InChI=1S/C34H33N3O4/c1-34(2,33(41)37-28(32(39)40)13-6-10-22-8-4-3-5-9-22)25-16-14-23(15-17-25)26-11-7-12-27(31(26)38)29-20-24-18-19-35-21-30(24)36-29/h3-5,7-9,11-12,14-21,28,36,38H,6,10,13H2,1-2H3,(H,37,41)(H,39,40). The molecular formula is C34H33N3O4. The van der Waals surface area contributed by atoms with Gasteiger partial charge in [0.1, 0.15) is 11.8 Å². The van der Waals surface area contributed by atoms with Crippen molar-refractivity contribution in [3.8, 4) is 28.1 Å². The number of amides is 1. The van der Waals surface area contributed by atoms with Crippen molar-refractivity contribution >= 4 is 22.8 Å². The number of aromatic nitrogens is 2. The minimum absolute atomic E-state index is 0.150. The number of aryl methyl sites for hydroxylation is 1. The first-order chi connectivity index (χ1) is 19.7. The molecule has 5 rings (SSSR count). The van der Waals surface area contributed by atoms with Crippen LogP contribution in [0.2, 0.25) is 0 Å². The number of fused-ring (bicyclic) bond motifs is 1. The maximum atomic E-state index is 13.3. The molecule has 41 heavy (non-hydrogen) atoms. The van der Waals surface area contributed by atoms with E-state index in [0.717, 1.165) is 39.7 Å². The molecular weight excluding hydrogens is 514 g/mol. The first-order valence-corrected chi connectivity index (χ1v) is 13.7. The molecule has 0 saturated heterocycles. The molecule has 0 fully saturated rings. The molecule has 3 aromatic carbocycles. The Morgan fingerprint density at radius 3 is 2.39 bits per heavy atom. The topological polar surface area (TPSA) is 115 Å². The number of hydrogen-bond acceptors (Lipinski definition) is 4. The van der Waals surface area contributed by atoms with Gasteiger partial charge in [-0.1, -0.05) is 66.7 Å². The van der Waals surface area contributed by atoms with Crippen molar-refractivity contribution < 1.29 is 19.8 Å². The summed E-state index contributed by atoms with van der Waals surface area (Å²) < 4.78 is 0. The third-order valence-corrected chi connectivity index (χ3v) is 7.64. The molecule has 0 aliphatic heterocycles. The summed E-state index contributed by atoms with van der Waals surface area (Å²) in [4.78, 5) is 32.6. The highest BCUT2D eigenvalue weighted by Gasteiger charge is 2.33. The molecule has 208 valence electrons. The zero-order valence-electron chi connectivity index (χ0n) is 23.1. The molecule has 0 spiro atoms. The zero-order chi connectivity index (χ0) is 29.0. The van der Waals surface area contributed by atoms with Gasteiger partial charge in [-0.3, -0.25) is 9.78 Å². The number of carbonyl (C=O) groups is 2. The molecule has 5 aromatic rings. The highest BCUT2D eigenvalue weighted by atomic mass is 16.4. The summed E-state index contributed by atoms with van der Waals surface area (Å²) in [5, 5.41) is 24.7. The van der Waals surface area contributed by atoms with Crippen molar-refractivity contribution in [2.24, 2.45) is 0 Å². The molecule has 2 heterocycles. The maximum absolute atomic E-state index is 13.3. The van der Waals surface area contributed by atoms with Crippen molar-refractivity contribution in [1.29, 1.82) is 0 Å². The van der Waals surface area contributed by atoms with Crippen molar-refractivity contribution in [2.75, 3.05) is 0 Å². The van der Waals surface area contributed by atoms with E-state index in [1.54, 1.807) is 26.2 Å². The van der Waals surface area contributed by atoms with Crippen molar-refractivity contribution in [2.45, 2.75) is 44.6 Å². The number of aromatic amines is 1. The van der Waals surface area contributed by atoms with E-state index in [1.807, 2.05) is 84.9 Å². The molecule has 7 heteroatoms. The number of phenolic OH excluding ortho intramolecular Hbond substituents is 1. The second kappa shape index (κ2) is 11.7. The van der Waals surface area contributed by atoms with E-state index in [9.17, 15) is 19.8 Å². The molecule has 0 saturated carbocycles. The number of aliphatic carboxylic acids is 1. The van der Waals surface area contributed by atoms with Crippen molar-refractivity contribution in [3.05, 3.63) is 108 Å². The van der Waals surface area contributed by atoms with E-state index in [2.05, 4.69) is 15.3 Å². The summed E-state index contributed by atoms with van der Waals surface area (Å²) in [7, 11) is 0. The summed E-state index contributed by atoms with van der Waals surface area (Å²) in [6.07, 6.45) is 5.21. The largest absolute Gasteiger partial charge is 0.507 e. The summed E-state index contributed by atoms with van der Waals surface area (Å²) in [5.41, 5.74) is 4.73. The number of carboxylic acid groups (broad SMARTS) is 1. The minimum atomic E-state index is -1.04. The average molecular weight is 548 g/mol. The minimum Gasteiger partial charge on any atom is -0.507 e. The second-order valence-corrected chi connectivity index (χ2v) is 10.8. The third kappa shape index (κ3) is 5.99. The normalized spacial score (nSPS) is 12.2. The number of nitrogens with zero attached hydrogens (tertiary/aromatic N) is 1. The highest BCUT2D eigenvalue weighted by molar-refractivity contribution is 5.91. The number of nitrogens with one attached hydrogen (secondary N) is 2. The number of rotatable bonds is 10. The van der Waals surface area contributed by atoms with Crippen molar-refractivity contribution in [1.82, 2.24) is 15.3 Å². The number of phenols is 1. The van der Waals surface area contributed by atoms with Crippen LogP contribution in [0.3, 0.4) is 0 Å². The Morgan fingerprint density at radius 1 is 0.951 bits per heavy atom. The monoisotopic (exact) mass is 547 g/mol. The molecule has 1 atom stereocenters. The van der Waals surface area contributed by atoms with Gasteiger partial charge in [-0.25, -0.2) is 4.79 Å². The molecule has 1 unspecified atom stereocenters. The van der Waals surface area contributed by atoms with Crippen LogP contribution in [-0.4, -0.2) is 38.1 Å². The van der Waals surface area contributed by atoms with E-state index in [-0.39, 0.29) is 11.7 Å². The Bertz CT molecular complexity index is 1640. The lowest BCUT2D eigenvalue weighted by Crippen LogP contribution is -2.48. The average Bonchev–Trinajstić information content (AvgIpc) is 3.41. The van der Waals surface area contributed by atoms with Gasteiger partial charge in [-0.2, -0.15) is 0 Å². The number of benzene rings is 3. The smallest absolute Gasteiger partial charge is 0.326 e. The Hall–Kier alpha value is -4.91. The maximum Gasteiger partial charge on any atom is 0.326 e. The van der Waals surface area contributed by atoms with Crippen LogP contribution in [0.5, 0.6) is 5.75 Å². The summed E-state index contributed by atoms with van der Waals surface area (Å²) in [6, 6.07) is 25.8. The van der Waals surface area contributed by atoms with E-state index < -0.39 is 17.4 Å². The molecule has 0 bridgehead atoms. The number of pyridine rings is 1. The number of para-hydroxylation sites is 1. The SMILES string of the molecule is CC(C)(C(=O)NC(CCCc1ccccc1)C(=O)O)c1ccc(-c2cccc(-c3cc4ccncc4[nH]3)c2O)cc1. The van der Waals surface area contributed by atoms with Crippen LogP contribution in [0, 0.1) is 0 Å². The van der Waals surface area contributed by atoms with Gasteiger partial charge < -0.3 is 20.5 Å². The van der Waals surface area contributed by atoms with Gasteiger partial charge >= 0.3 is 5.97 Å². The van der Waals surface area contributed by atoms with Crippen LogP contribution < -0.4 is 5.32 Å². The Balaban J connectivity index is 1.30. The number of aromatic hydroxyl groups is 1. The van der Waals surface area contributed by atoms with E-state index >= 15 is 0 Å². The van der Waals surface area contributed by atoms with E-state index in [4.69, 9.17) is 0 Å². The number of carbonyl (C=O) groups excluding carboxylic acids is 1. The van der Waals surface area contributed by atoms with Gasteiger partial charge in [0, 0.05) is 22.7 Å². The van der Waals surface area contributed by atoms with Crippen LogP contribution in [0.4, 0.5) is 0 Å². The predicted molar refractivity (Wildman–Crippen MR) is 161 cm³/mol. The quantitative estimate of drug-likeness (QED) is 0.160. The molecule has 7 nitrogen and oxygen atoms in total. The molecule has 0 aliphatic rings. The lowest BCUT2D eigenvalue weighted by Gasteiger charge is -2.27. The Kier molecular flexibility index (Phi) is 7.88. The molecule has 0 radical (unpaired) electrons. The van der Waals surface area contributed by atoms with Crippen molar-refractivity contribution in [3.63, 3.8) is 0 Å². The lowest BCUT2D eigenvalue weighted by molar-refractivity contribution is -0.142. The fourth-order valence-corrected chi connectivity index (χ4v) is 5.06. The third-order valence-electron chi connectivity index (χ3n) is 7.64. The van der Waals surface area contributed by atoms with Gasteiger partial charge in [0.15, 0.2) is 0 Å². The summed E-state index contributed by atoms with van der Waals surface area (Å²) in [6.45, 7) is 3.56. The molecule has 1 amide bonds. The lowest BCUT2D eigenvalue weighted by atomic mass is 9.82. The van der Waals surface area contributed by atoms with Crippen LogP contribution in [0.25, 0.3) is 33.3 Å². The summed E-state index contributed by atoms with van der Waals surface area (Å²) in [5.74, 6) is -1.24. The number of carboxylic acids is 1. The van der Waals surface area contributed by atoms with E-state index in [1.165, 1.54) is 0 Å². The first kappa shape index (κ1) is 27.6. The van der Waals surface area contributed by atoms with Gasteiger partial charge in [0.05, 0.1) is 22.8 Å². The van der Waals surface area contributed by atoms with E-state index in [0.29, 0.717) is 24.0 Å². The fraction of sp³-hybridized carbons (Fsp3) is 0.206. The van der Waals surface area contributed by atoms with Gasteiger partial charge in [-0.05, 0) is 68.0 Å². The van der Waals surface area contributed by atoms with Gasteiger partial charge in [-0.15, -0.1) is 0 Å². The Labute approximate surface area is 238 Å². The second-order valence-electron chi connectivity index (χ2n) is 10.8. The van der Waals surface area contributed by atoms with Gasteiger partial charge in [0.25, 0.3) is 0 Å².